The minimum absolute atomic E-state index is 0.153. The van der Waals surface area contributed by atoms with Crippen LogP contribution in [-0.2, 0) is 14.3 Å². The molecule has 0 aliphatic carbocycles. The summed E-state index contributed by atoms with van der Waals surface area (Å²) in [7, 11) is 0. The molecule has 0 bridgehead atoms. The molecule has 5 nitrogen and oxygen atoms in total. The van der Waals surface area contributed by atoms with Crippen LogP contribution < -0.4 is 10.6 Å². The second-order valence-corrected chi connectivity index (χ2v) is 5.12. The van der Waals surface area contributed by atoms with E-state index in [2.05, 4.69) is 26.6 Å². The number of carbonyl (C=O) groups is 2. The van der Waals surface area contributed by atoms with Crippen molar-refractivity contribution in [3.63, 3.8) is 0 Å². The maximum atomic E-state index is 11.7. The molecule has 0 fully saturated rings. The molecule has 20 heavy (non-hydrogen) atoms. The quantitative estimate of drug-likeness (QED) is 0.589. The molecule has 0 saturated carbocycles. The average molecular weight is 343 g/mol. The Labute approximate surface area is 127 Å². The van der Waals surface area contributed by atoms with Crippen LogP contribution in [0.2, 0.25) is 0 Å². The van der Waals surface area contributed by atoms with Gasteiger partial charge in [0, 0.05) is 11.0 Å². The fraction of sp³-hybridized carbons (Fsp3) is 0.429. The van der Waals surface area contributed by atoms with Gasteiger partial charge < -0.3 is 15.4 Å². The number of rotatable bonds is 7. The van der Waals surface area contributed by atoms with Crippen molar-refractivity contribution in [1.29, 1.82) is 0 Å². The van der Waals surface area contributed by atoms with Crippen molar-refractivity contribution in [3.05, 3.63) is 28.2 Å². The molecule has 0 aliphatic heterocycles. The Morgan fingerprint density at radius 1 is 1.35 bits per heavy atom. The fourth-order valence-corrected chi connectivity index (χ4v) is 2.13. The van der Waals surface area contributed by atoms with Gasteiger partial charge in [-0.15, -0.1) is 0 Å². The highest BCUT2D eigenvalue weighted by molar-refractivity contribution is 9.10. The number of ether oxygens (including phenoxy) is 1. The Hall–Kier alpha value is -1.40. The lowest BCUT2D eigenvalue weighted by molar-refractivity contribution is -0.143. The lowest BCUT2D eigenvalue weighted by atomic mass is 10.2. The summed E-state index contributed by atoms with van der Waals surface area (Å²) in [6.07, 6.45) is 0.259. The van der Waals surface area contributed by atoms with Crippen LogP contribution in [0.3, 0.4) is 0 Å². The molecule has 0 aliphatic rings. The summed E-state index contributed by atoms with van der Waals surface area (Å²) in [4.78, 5) is 22.8. The minimum Gasteiger partial charge on any atom is -0.466 e. The number of aryl methyl sites for hydroxylation is 1. The van der Waals surface area contributed by atoms with E-state index in [1.165, 1.54) is 0 Å². The number of hydrogen-bond donors (Lipinski definition) is 2. The van der Waals surface area contributed by atoms with E-state index in [1.807, 2.05) is 25.1 Å². The number of hydrogen-bond acceptors (Lipinski definition) is 4. The van der Waals surface area contributed by atoms with Gasteiger partial charge in [-0.2, -0.15) is 0 Å². The van der Waals surface area contributed by atoms with Crippen LogP contribution >= 0.6 is 15.9 Å². The SMILES string of the molecule is CCOC(=O)CCNCC(=O)Nc1ccc(C)cc1Br. The number of esters is 1. The molecular formula is C14H19BrN2O3. The van der Waals surface area contributed by atoms with Crippen LogP contribution in [0.5, 0.6) is 0 Å². The molecular weight excluding hydrogens is 324 g/mol. The first-order valence-electron chi connectivity index (χ1n) is 6.45. The fourth-order valence-electron chi connectivity index (χ4n) is 1.54. The predicted octanol–water partition coefficient (Wildman–Crippen LogP) is 2.24. The summed E-state index contributed by atoms with van der Waals surface area (Å²) in [6.45, 7) is 4.69. The number of benzene rings is 1. The summed E-state index contributed by atoms with van der Waals surface area (Å²) in [5.41, 5.74) is 1.84. The lowest BCUT2D eigenvalue weighted by Crippen LogP contribution is -2.30. The van der Waals surface area contributed by atoms with Gasteiger partial charge in [-0.1, -0.05) is 6.07 Å². The highest BCUT2D eigenvalue weighted by Crippen LogP contribution is 2.23. The van der Waals surface area contributed by atoms with E-state index in [1.54, 1.807) is 6.92 Å². The summed E-state index contributed by atoms with van der Waals surface area (Å²) in [5.74, 6) is -0.417. The normalized spacial score (nSPS) is 10.2. The Bertz CT molecular complexity index is 477. The van der Waals surface area contributed by atoms with Gasteiger partial charge in [0.1, 0.15) is 0 Å². The van der Waals surface area contributed by atoms with E-state index in [0.717, 1.165) is 15.7 Å². The largest absolute Gasteiger partial charge is 0.466 e. The third-order valence-electron chi connectivity index (χ3n) is 2.50. The number of amides is 1. The van der Waals surface area contributed by atoms with E-state index < -0.39 is 0 Å². The van der Waals surface area contributed by atoms with Crippen LogP contribution in [-0.4, -0.2) is 31.6 Å². The van der Waals surface area contributed by atoms with Crippen LogP contribution in [0.25, 0.3) is 0 Å². The van der Waals surface area contributed by atoms with Crippen molar-refractivity contribution in [2.24, 2.45) is 0 Å². The molecule has 0 heterocycles. The van der Waals surface area contributed by atoms with E-state index in [9.17, 15) is 9.59 Å². The van der Waals surface area contributed by atoms with Crippen LogP contribution in [0, 0.1) is 6.92 Å². The van der Waals surface area contributed by atoms with Crippen molar-refractivity contribution in [2.75, 3.05) is 25.0 Å². The van der Waals surface area contributed by atoms with Crippen LogP contribution in [0.1, 0.15) is 18.9 Å². The molecule has 0 radical (unpaired) electrons. The predicted molar refractivity (Wildman–Crippen MR) is 81.6 cm³/mol. The lowest BCUT2D eigenvalue weighted by Gasteiger charge is -2.09. The molecule has 1 rings (SSSR count). The molecule has 0 atom stereocenters. The Morgan fingerprint density at radius 3 is 2.75 bits per heavy atom. The van der Waals surface area contributed by atoms with Crippen molar-refractivity contribution in [2.45, 2.75) is 20.3 Å². The zero-order valence-corrected chi connectivity index (χ0v) is 13.2. The van der Waals surface area contributed by atoms with Crippen molar-refractivity contribution >= 4 is 33.5 Å². The van der Waals surface area contributed by atoms with Crippen molar-refractivity contribution in [3.8, 4) is 0 Å². The second-order valence-electron chi connectivity index (χ2n) is 4.26. The molecule has 6 heteroatoms. The molecule has 110 valence electrons. The van der Waals surface area contributed by atoms with Gasteiger partial charge in [-0.3, -0.25) is 9.59 Å². The minimum atomic E-state index is -0.262. The summed E-state index contributed by atoms with van der Waals surface area (Å²) in [6, 6.07) is 5.70. The first-order valence-corrected chi connectivity index (χ1v) is 7.24. The topological polar surface area (TPSA) is 67.4 Å². The first kappa shape index (κ1) is 16.7. The number of carbonyl (C=O) groups excluding carboxylic acids is 2. The third-order valence-corrected chi connectivity index (χ3v) is 3.15. The Balaban J connectivity index is 2.28. The molecule has 1 aromatic carbocycles. The van der Waals surface area contributed by atoms with Crippen molar-refractivity contribution in [1.82, 2.24) is 5.32 Å². The zero-order chi connectivity index (χ0) is 15.0. The maximum Gasteiger partial charge on any atom is 0.307 e. The Kier molecular flexibility index (Phi) is 7.25. The smallest absolute Gasteiger partial charge is 0.307 e. The number of halogens is 1. The van der Waals surface area contributed by atoms with E-state index >= 15 is 0 Å². The summed E-state index contributed by atoms with van der Waals surface area (Å²) >= 11 is 3.40. The van der Waals surface area contributed by atoms with Crippen molar-refractivity contribution < 1.29 is 14.3 Å². The first-order chi connectivity index (χ1) is 9.52. The van der Waals surface area contributed by atoms with Gasteiger partial charge in [0.05, 0.1) is 25.3 Å². The van der Waals surface area contributed by atoms with Gasteiger partial charge in [-0.05, 0) is 47.5 Å². The molecule has 1 amide bonds. The number of anilines is 1. The third kappa shape index (κ3) is 6.16. The molecule has 1 aromatic rings. The van der Waals surface area contributed by atoms with Crippen LogP contribution in [0.4, 0.5) is 5.69 Å². The zero-order valence-electron chi connectivity index (χ0n) is 11.7. The van der Waals surface area contributed by atoms with Gasteiger partial charge in [-0.25, -0.2) is 0 Å². The van der Waals surface area contributed by atoms with Gasteiger partial charge >= 0.3 is 5.97 Å². The molecule has 0 saturated heterocycles. The van der Waals surface area contributed by atoms with E-state index in [4.69, 9.17) is 4.74 Å². The van der Waals surface area contributed by atoms with E-state index in [0.29, 0.717) is 13.2 Å². The number of nitrogens with one attached hydrogen (secondary N) is 2. The molecule has 0 unspecified atom stereocenters. The Morgan fingerprint density at radius 2 is 2.10 bits per heavy atom. The molecule has 0 aromatic heterocycles. The second kappa shape index (κ2) is 8.71. The molecule has 0 spiro atoms. The van der Waals surface area contributed by atoms with Gasteiger partial charge in [0.2, 0.25) is 5.91 Å². The highest BCUT2D eigenvalue weighted by atomic mass is 79.9. The van der Waals surface area contributed by atoms with Crippen LogP contribution in [0.15, 0.2) is 22.7 Å². The summed E-state index contributed by atoms with van der Waals surface area (Å²) in [5, 5.41) is 5.68. The maximum absolute atomic E-state index is 11.7. The average Bonchev–Trinajstić information content (AvgIpc) is 2.38. The molecule has 2 N–H and O–H groups in total. The standard InChI is InChI=1S/C14H19BrN2O3/c1-3-20-14(19)6-7-16-9-13(18)17-12-5-4-10(2)8-11(12)15/h4-5,8,16H,3,6-7,9H2,1-2H3,(H,17,18). The highest BCUT2D eigenvalue weighted by Gasteiger charge is 2.06. The van der Waals surface area contributed by atoms with E-state index in [-0.39, 0.29) is 24.8 Å². The monoisotopic (exact) mass is 342 g/mol. The van der Waals surface area contributed by atoms with Gasteiger partial charge in [0.15, 0.2) is 0 Å². The van der Waals surface area contributed by atoms with Gasteiger partial charge in [0.25, 0.3) is 0 Å². The summed E-state index contributed by atoms with van der Waals surface area (Å²) < 4.78 is 5.63.